The number of amides is 1. The van der Waals surface area contributed by atoms with Crippen molar-refractivity contribution >= 4 is 28.9 Å². The van der Waals surface area contributed by atoms with E-state index in [1.54, 1.807) is 50.2 Å². The van der Waals surface area contributed by atoms with Crippen molar-refractivity contribution in [3.05, 3.63) is 65.2 Å². The molecule has 0 fully saturated rings. The molecule has 8 nitrogen and oxygen atoms in total. The molecule has 1 atom stereocenters. The van der Waals surface area contributed by atoms with Crippen molar-refractivity contribution in [1.29, 1.82) is 0 Å². The molecule has 1 amide bonds. The van der Waals surface area contributed by atoms with E-state index in [1.165, 1.54) is 26.2 Å². The van der Waals surface area contributed by atoms with E-state index in [1.807, 2.05) is 6.92 Å². The van der Waals surface area contributed by atoms with Crippen molar-refractivity contribution in [2.75, 3.05) is 20.3 Å². The number of carbonyl (C=O) groups is 1. The number of carbonyl (C=O) groups excluding carboxylic acids is 1. The van der Waals surface area contributed by atoms with Gasteiger partial charge in [-0.25, -0.2) is 8.42 Å². The number of hydrogen-bond acceptors (Lipinski definition) is 7. The summed E-state index contributed by atoms with van der Waals surface area (Å²) in [6.45, 7) is 6.29. The second kappa shape index (κ2) is 9.43. The van der Waals surface area contributed by atoms with E-state index in [0.29, 0.717) is 11.3 Å². The van der Waals surface area contributed by atoms with Gasteiger partial charge in [0.2, 0.25) is 15.7 Å². The van der Waals surface area contributed by atoms with Crippen LogP contribution in [-0.4, -0.2) is 39.3 Å². The number of ether oxygens (including phenoxy) is 1. The first-order valence-corrected chi connectivity index (χ1v) is 13.5. The summed E-state index contributed by atoms with van der Waals surface area (Å²) in [7, 11) is -7.55. The lowest BCUT2D eigenvalue weighted by Crippen LogP contribution is -2.51. The molecule has 1 heterocycles. The largest absolute Gasteiger partial charge is 0.497 e. The van der Waals surface area contributed by atoms with Crippen LogP contribution in [0.5, 0.6) is 5.75 Å². The topological polar surface area (TPSA) is 108 Å². The lowest BCUT2D eigenvalue weighted by Gasteiger charge is -2.37. The van der Waals surface area contributed by atoms with Gasteiger partial charge in [-0.2, -0.15) is 0 Å². The van der Waals surface area contributed by atoms with Crippen LogP contribution in [0.3, 0.4) is 0 Å². The summed E-state index contributed by atoms with van der Waals surface area (Å²) < 4.78 is 56.7. The minimum absolute atomic E-state index is 0.0287. The zero-order chi connectivity index (χ0) is 24.4. The molecule has 2 aromatic carbocycles. The molecule has 0 radical (unpaired) electrons. The molecule has 10 heteroatoms. The van der Waals surface area contributed by atoms with Crippen LogP contribution in [-0.2, 0) is 28.2 Å². The van der Waals surface area contributed by atoms with Crippen molar-refractivity contribution in [2.24, 2.45) is 0 Å². The summed E-state index contributed by atoms with van der Waals surface area (Å²) in [4.78, 5) is 12.9. The van der Waals surface area contributed by atoms with Gasteiger partial charge in [0, 0.05) is 11.1 Å². The summed E-state index contributed by atoms with van der Waals surface area (Å²) in [5.74, 6) is -0.129. The number of sulfone groups is 1. The van der Waals surface area contributed by atoms with E-state index in [4.69, 9.17) is 13.8 Å². The number of methoxy groups -OCH3 is 1. The SMILES string of the molecule is CCOP(=O)(OCC)C1(S(=O)(=O)c2ccc(C)cc2)NC(=O)C(C)=C1c1ccc(OC)cc1. The van der Waals surface area contributed by atoms with Crippen LogP contribution < -0.4 is 10.1 Å². The predicted molar refractivity (Wildman–Crippen MR) is 126 cm³/mol. The summed E-state index contributed by atoms with van der Waals surface area (Å²) >= 11 is 0. The van der Waals surface area contributed by atoms with E-state index in [9.17, 15) is 17.8 Å². The van der Waals surface area contributed by atoms with Gasteiger partial charge in [-0.1, -0.05) is 29.8 Å². The Bertz CT molecular complexity index is 1210. The maximum Gasteiger partial charge on any atom is 0.376 e. The second-order valence-electron chi connectivity index (χ2n) is 7.48. The van der Waals surface area contributed by atoms with Gasteiger partial charge < -0.3 is 19.1 Å². The lowest BCUT2D eigenvalue weighted by atomic mass is 10.0. The Morgan fingerprint density at radius 3 is 1.97 bits per heavy atom. The standard InChI is InChI=1S/C23H28NO7PS/c1-6-30-32(26,31-7-2)23(33(27,28)20-14-8-16(3)9-15-20)21(17(4)22(25)24-23)18-10-12-19(29-5)13-11-18/h8-15H,6-7H2,1-5H3,(H,24,25). The smallest absolute Gasteiger partial charge is 0.376 e. The summed E-state index contributed by atoms with van der Waals surface area (Å²) in [6.07, 6.45) is 0. The first-order valence-electron chi connectivity index (χ1n) is 10.5. The van der Waals surface area contributed by atoms with Crippen LogP contribution in [0.15, 0.2) is 59.0 Å². The van der Waals surface area contributed by atoms with E-state index in [-0.39, 0.29) is 29.3 Å². The lowest BCUT2D eigenvalue weighted by molar-refractivity contribution is -0.117. The highest BCUT2D eigenvalue weighted by molar-refractivity contribution is 8.00. The van der Waals surface area contributed by atoms with Gasteiger partial charge in [0.05, 0.1) is 25.2 Å². The molecule has 1 N–H and O–H groups in total. The Hall–Kier alpha value is -2.45. The fraction of sp³-hybridized carbons (Fsp3) is 0.348. The zero-order valence-electron chi connectivity index (χ0n) is 19.2. The molecule has 0 aliphatic carbocycles. The Morgan fingerprint density at radius 1 is 0.939 bits per heavy atom. The quantitative estimate of drug-likeness (QED) is 0.519. The molecule has 1 aliphatic rings. The Kier molecular flexibility index (Phi) is 7.19. The van der Waals surface area contributed by atoms with Crippen molar-refractivity contribution < 1.29 is 31.6 Å². The third-order valence-electron chi connectivity index (χ3n) is 5.42. The molecule has 0 saturated carbocycles. The van der Waals surface area contributed by atoms with Crippen LogP contribution in [0.2, 0.25) is 0 Å². The van der Waals surface area contributed by atoms with E-state index < -0.39 is 28.0 Å². The van der Waals surface area contributed by atoms with Crippen LogP contribution >= 0.6 is 7.60 Å². The minimum atomic E-state index is -4.53. The fourth-order valence-corrected chi connectivity index (χ4v) is 9.19. The Balaban J connectivity index is 2.43. The maximum atomic E-state index is 14.3. The monoisotopic (exact) mass is 493 g/mol. The normalized spacial score (nSPS) is 19.0. The zero-order valence-corrected chi connectivity index (χ0v) is 21.0. The Labute approximate surface area is 194 Å². The van der Waals surface area contributed by atoms with Gasteiger partial charge >= 0.3 is 7.60 Å². The predicted octanol–water partition coefficient (Wildman–Crippen LogP) is 4.30. The third kappa shape index (κ3) is 4.04. The summed E-state index contributed by atoms with van der Waals surface area (Å²) in [5.41, 5.74) is 1.36. The first kappa shape index (κ1) is 25.2. The third-order valence-corrected chi connectivity index (χ3v) is 11.1. The van der Waals surface area contributed by atoms with Crippen LogP contribution in [0, 0.1) is 6.92 Å². The van der Waals surface area contributed by atoms with E-state index in [0.717, 1.165) is 5.56 Å². The van der Waals surface area contributed by atoms with E-state index >= 15 is 0 Å². The first-order chi connectivity index (χ1) is 15.6. The van der Waals surface area contributed by atoms with Gasteiger partial charge in [0.1, 0.15) is 5.75 Å². The van der Waals surface area contributed by atoms with Crippen molar-refractivity contribution in [3.63, 3.8) is 0 Å². The van der Waals surface area contributed by atoms with Crippen molar-refractivity contribution in [1.82, 2.24) is 5.32 Å². The number of rotatable bonds is 9. The number of hydrogen-bond donors (Lipinski definition) is 1. The molecule has 1 unspecified atom stereocenters. The fourth-order valence-electron chi connectivity index (χ4n) is 3.85. The molecule has 0 spiro atoms. The molecule has 178 valence electrons. The molecule has 0 saturated heterocycles. The number of benzene rings is 2. The van der Waals surface area contributed by atoms with Gasteiger partial charge in [0.15, 0.2) is 0 Å². The van der Waals surface area contributed by atoms with E-state index in [2.05, 4.69) is 5.32 Å². The molecule has 1 aliphatic heterocycles. The highest BCUT2D eigenvalue weighted by atomic mass is 32.2. The number of aryl methyl sites for hydroxylation is 1. The Morgan fingerprint density at radius 2 is 1.48 bits per heavy atom. The highest BCUT2D eigenvalue weighted by Gasteiger charge is 2.68. The molecular weight excluding hydrogens is 465 g/mol. The van der Waals surface area contributed by atoms with Gasteiger partial charge in [0.25, 0.3) is 4.61 Å². The average Bonchev–Trinajstić information content (AvgIpc) is 3.07. The van der Waals surface area contributed by atoms with Crippen LogP contribution in [0.25, 0.3) is 5.57 Å². The summed E-state index contributed by atoms with van der Waals surface area (Å²) in [6, 6.07) is 12.6. The second-order valence-corrected chi connectivity index (χ2v) is 12.1. The van der Waals surface area contributed by atoms with Crippen LogP contribution in [0.1, 0.15) is 31.9 Å². The molecule has 2 aromatic rings. The highest BCUT2D eigenvalue weighted by Crippen LogP contribution is 2.68. The molecule has 0 bridgehead atoms. The average molecular weight is 494 g/mol. The minimum Gasteiger partial charge on any atom is -0.497 e. The van der Waals surface area contributed by atoms with Gasteiger partial charge in [-0.15, -0.1) is 0 Å². The number of nitrogens with one attached hydrogen (secondary N) is 1. The molecule has 0 aromatic heterocycles. The van der Waals surface area contributed by atoms with Gasteiger partial charge in [-0.05, 0) is 57.5 Å². The molecule has 3 rings (SSSR count). The van der Waals surface area contributed by atoms with Crippen LogP contribution in [0.4, 0.5) is 0 Å². The van der Waals surface area contributed by atoms with Gasteiger partial charge in [-0.3, -0.25) is 9.36 Å². The van der Waals surface area contributed by atoms with Crippen molar-refractivity contribution in [3.8, 4) is 5.75 Å². The molecule has 33 heavy (non-hydrogen) atoms. The maximum absolute atomic E-state index is 14.3. The van der Waals surface area contributed by atoms with Crippen molar-refractivity contribution in [2.45, 2.75) is 37.2 Å². The molecular formula is C23H28NO7PS. The summed E-state index contributed by atoms with van der Waals surface area (Å²) in [5, 5.41) is 2.51.